The van der Waals surface area contributed by atoms with Gasteiger partial charge in [0, 0.05) is 13.2 Å². The third-order valence-electron chi connectivity index (χ3n) is 7.20. The second-order valence-electron chi connectivity index (χ2n) is 15.1. The molecule has 0 saturated carbocycles. The van der Waals surface area contributed by atoms with E-state index in [-0.39, 0.29) is 37.1 Å². The van der Waals surface area contributed by atoms with Crippen LogP contribution in [0.5, 0.6) is 11.5 Å². The average Bonchev–Trinajstić information content (AvgIpc) is 3.38. The van der Waals surface area contributed by atoms with Gasteiger partial charge in [0.15, 0.2) is 0 Å². The van der Waals surface area contributed by atoms with Crippen molar-refractivity contribution in [2.75, 3.05) is 13.2 Å². The summed E-state index contributed by atoms with van der Waals surface area (Å²) in [5, 5.41) is 22.0. The topological polar surface area (TPSA) is 73.8 Å². The van der Waals surface area contributed by atoms with Crippen molar-refractivity contribution in [3.8, 4) is 11.5 Å². The average molecular weight is 596 g/mol. The van der Waals surface area contributed by atoms with Gasteiger partial charge in [-0.05, 0) is 12.8 Å². The van der Waals surface area contributed by atoms with Crippen molar-refractivity contribution in [1.82, 2.24) is 8.67 Å². The number of ether oxygens (including phenoxy) is 1. The summed E-state index contributed by atoms with van der Waals surface area (Å²) in [4.78, 5) is 0. The molecule has 1 heterocycles. The van der Waals surface area contributed by atoms with Crippen molar-refractivity contribution in [2.45, 2.75) is 131 Å². The minimum atomic E-state index is -0.138. The first kappa shape index (κ1) is 34.6. The van der Waals surface area contributed by atoms with Crippen LogP contribution in [0.1, 0.15) is 129 Å². The van der Waals surface area contributed by atoms with E-state index in [2.05, 4.69) is 116 Å². The summed E-state index contributed by atoms with van der Waals surface area (Å²) in [6.07, 6.45) is 2.56. The first-order chi connectivity index (χ1) is 18.2. The predicted octanol–water partition coefficient (Wildman–Crippen LogP) is 7.88. The molecule has 1 aliphatic heterocycles. The summed E-state index contributed by atoms with van der Waals surface area (Å²) in [5.41, 5.74) is 6.00. The molecule has 0 aromatic heterocycles. The summed E-state index contributed by atoms with van der Waals surface area (Å²) < 4.78 is 11.9. The van der Waals surface area contributed by atoms with Crippen LogP contribution in [-0.2, 0) is 54.9 Å². The monoisotopic (exact) mass is 595 g/mol. The fourth-order valence-electron chi connectivity index (χ4n) is 4.44. The molecule has 3 rings (SSSR count). The fraction of sp³-hybridized carbons (Fsp3) is 0.647. The summed E-state index contributed by atoms with van der Waals surface area (Å²) in [7, 11) is 0. The Labute approximate surface area is 251 Å². The number of benzene rings is 2. The Balaban J connectivity index is 0.00000100. The number of nitrogens with one attached hydrogen (secondary N) is 2. The van der Waals surface area contributed by atoms with Gasteiger partial charge in [-0.1, -0.05) is 0 Å². The van der Waals surface area contributed by atoms with Gasteiger partial charge in [0.2, 0.25) is 0 Å². The number of phenols is 2. The molecule has 2 aromatic rings. The van der Waals surface area contributed by atoms with E-state index in [1.54, 1.807) is 0 Å². The van der Waals surface area contributed by atoms with Crippen LogP contribution in [0.3, 0.4) is 0 Å². The van der Waals surface area contributed by atoms with Crippen molar-refractivity contribution < 1.29 is 30.3 Å². The van der Waals surface area contributed by atoms with Crippen molar-refractivity contribution in [1.29, 1.82) is 0 Å². The zero-order valence-electron chi connectivity index (χ0n) is 27.2. The molecule has 1 saturated heterocycles. The summed E-state index contributed by atoms with van der Waals surface area (Å²) in [6, 6.07) is 8.54. The van der Waals surface area contributed by atoms with Gasteiger partial charge in [-0.2, -0.15) is 0 Å². The molecular weight excluding hydrogens is 539 g/mol. The van der Waals surface area contributed by atoms with Gasteiger partial charge in [0.1, 0.15) is 0 Å². The molecule has 6 heteroatoms. The molecule has 0 aliphatic carbocycles. The molecule has 0 bridgehead atoms. The van der Waals surface area contributed by atoms with Crippen LogP contribution >= 0.6 is 0 Å². The molecule has 0 atom stereocenters. The maximum absolute atomic E-state index is 11.0. The third-order valence-corrected chi connectivity index (χ3v) is 8.04. The van der Waals surface area contributed by atoms with Crippen LogP contribution in [0, 0.1) is 0 Å². The summed E-state index contributed by atoms with van der Waals surface area (Å²) in [6.45, 7) is 29.2. The van der Waals surface area contributed by atoms with E-state index in [0.717, 1.165) is 35.5 Å². The molecule has 1 aliphatic rings. The molecule has 2 aromatic carbocycles. The van der Waals surface area contributed by atoms with E-state index < -0.39 is 0 Å². The number of hydrogen-bond acceptors (Lipinski definition) is 5. The molecule has 0 spiro atoms. The van der Waals surface area contributed by atoms with Crippen molar-refractivity contribution in [3.63, 3.8) is 0 Å². The zero-order valence-corrected chi connectivity index (χ0v) is 28.4. The van der Waals surface area contributed by atoms with Crippen LogP contribution in [0.4, 0.5) is 0 Å². The first-order valence-electron chi connectivity index (χ1n) is 14.6. The molecule has 0 unspecified atom stereocenters. The van der Waals surface area contributed by atoms with E-state index in [0.29, 0.717) is 24.6 Å². The predicted molar refractivity (Wildman–Crippen MR) is 165 cm³/mol. The minimum absolute atomic E-state index is 0.00360. The van der Waals surface area contributed by atoms with Gasteiger partial charge in [-0.3, -0.25) is 0 Å². The standard InChI is InChI=1S/2C15H24NO.C4H8O.Mn/c2*1-14(2,3)11-7-10(9-16)13(17)12(8-11)15(4,5)6;1-2-4-5-3-1;/h2*7-8,16-17H,9H2,1-6H3;1-4H2;/q2*-1;;+2. The zero-order chi connectivity index (χ0) is 30.5. The molecule has 0 amide bonds. The summed E-state index contributed by atoms with van der Waals surface area (Å²) in [5.74, 6) is 0.766. The van der Waals surface area contributed by atoms with Crippen molar-refractivity contribution in [3.05, 3.63) is 57.6 Å². The molecule has 227 valence electrons. The molecule has 0 radical (unpaired) electrons. The Morgan fingerprint density at radius 1 is 0.600 bits per heavy atom. The Morgan fingerprint density at radius 2 is 0.950 bits per heavy atom. The van der Waals surface area contributed by atoms with E-state index in [1.165, 1.54) is 24.0 Å². The number of hydrogen-bond donors (Lipinski definition) is 4. The Bertz CT molecular complexity index is 1020. The van der Waals surface area contributed by atoms with E-state index >= 15 is 0 Å². The SMILES string of the molecule is C1CCOC1.CC(C)(C)c1cc(C[NH][Mn][NH]Cc2cc(C(C)(C)C)cc(C(C)(C)C)c2O)c(O)c(C(C)(C)C)c1. The molecule has 1 fully saturated rings. The van der Waals surface area contributed by atoms with Crippen LogP contribution in [0.25, 0.3) is 0 Å². The van der Waals surface area contributed by atoms with Gasteiger partial charge in [-0.25, -0.2) is 0 Å². The van der Waals surface area contributed by atoms with E-state index in [1.807, 2.05) is 0 Å². The Kier molecular flexibility index (Phi) is 11.8. The molecular formula is C34H56MnN2O3. The van der Waals surface area contributed by atoms with Gasteiger partial charge in [-0.15, -0.1) is 0 Å². The van der Waals surface area contributed by atoms with Gasteiger partial charge in [0.05, 0.1) is 0 Å². The second kappa shape index (κ2) is 13.6. The van der Waals surface area contributed by atoms with Crippen molar-refractivity contribution in [2.24, 2.45) is 0 Å². The van der Waals surface area contributed by atoms with Crippen LogP contribution in [0.15, 0.2) is 24.3 Å². The maximum atomic E-state index is 11.0. The number of phenolic OH excluding ortho intramolecular Hbond substituents is 2. The van der Waals surface area contributed by atoms with Crippen molar-refractivity contribution >= 4 is 0 Å². The van der Waals surface area contributed by atoms with Gasteiger partial charge < -0.3 is 4.74 Å². The molecule has 5 nitrogen and oxygen atoms in total. The van der Waals surface area contributed by atoms with Gasteiger partial charge >= 0.3 is 221 Å². The first-order valence-corrected chi connectivity index (χ1v) is 15.8. The third kappa shape index (κ3) is 10.1. The van der Waals surface area contributed by atoms with Gasteiger partial charge in [0.25, 0.3) is 0 Å². The Morgan fingerprint density at radius 3 is 1.20 bits per heavy atom. The second-order valence-corrected chi connectivity index (χ2v) is 16.2. The molecule has 4 N–H and O–H groups in total. The van der Waals surface area contributed by atoms with Crippen LogP contribution in [-0.4, -0.2) is 23.4 Å². The number of rotatable bonds is 6. The molecule has 40 heavy (non-hydrogen) atoms. The quantitative estimate of drug-likeness (QED) is 0.202. The van der Waals surface area contributed by atoms with Crippen LogP contribution < -0.4 is 8.67 Å². The summed E-state index contributed by atoms with van der Waals surface area (Å²) >= 11 is 0.253. The Hall–Kier alpha value is -1.56. The fourth-order valence-corrected chi connectivity index (χ4v) is 5.24. The normalized spacial score (nSPS) is 14.7. The van der Waals surface area contributed by atoms with E-state index in [9.17, 15) is 10.2 Å². The van der Waals surface area contributed by atoms with E-state index in [4.69, 9.17) is 4.74 Å². The van der Waals surface area contributed by atoms with Crippen LogP contribution in [0.2, 0.25) is 0 Å². The number of aromatic hydroxyl groups is 2.